The second kappa shape index (κ2) is 7.54. The Kier molecular flexibility index (Phi) is 4.85. The van der Waals surface area contributed by atoms with Crippen LogP contribution in [-0.4, -0.2) is 15.5 Å². The van der Waals surface area contributed by atoms with E-state index >= 15 is 0 Å². The van der Waals surface area contributed by atoms with E-state index < -0.39 is 11.6 Å². The minimum atomic E-state index is -0.775. The SMILES string of the molecule is CCC1c2cccn2-c2sc3c(c2CN1C(=O)Nc1ccc(F)cc1F)CCCC3. The lowest BCUT2D eigenvalue weighted by atomic mass is 9.95. The summed E-state index contributed by atoms with van der Waals surface area (Å²) in [5, 5.41) is 3.86. The van der Waals surface area contributed by atoms with Crippen molar-refractivity contribution in [2.75, 3.05) is 5.32 Å². The molecule has 2 amide bonds. The van der Waals surface area contributed by atoms with Crippen molar-refractivity contribution in [3.05, 3.63) is 69.9 Å². The molecule has 3 heterocycles. The van der Waals surface area contributed by atoms with Crippen molar-refractivity contribution in [1.29, 1.82) is 0 Å². The number of carbonyl (C=O) groups is 1. The first kappa shape index (κ1) is 19.3. The molecule has 156 valence electrons. The standard InChI is InChI=1S/C23H23F2N3OS/c1-2-19-20-7-5-11-27(20)22-16(15-6-3-4-8-21(15)30-22)13-28(19)23(29)26-18-10-9-14(24)12-17(18)25/h5,7,9-12,19H,2-4,6,8,13H2,1H3,(H,26,29). The summed E-state index contributed by atoms with van der Waals surface area (Å²) in [5.74, 6) is -1.44. The van der Waals surface area contributed by atoms with E-state index in [1.54, 1.807) is 4.90 Å². The molecular weight excluding hydrogens is 404 g/mol. The van der Waals surface area contributed by atoms with Gasteiger partial charge in [0.05, 0.1) is 18.3 Å². The number of nitrogens with one attached hydrogen (secondary N) is 1. The summed E-state index contributed by atoms with van der Waals surface area (Å²) in [6.07, 6.45) is 7.31. The van der Waals surface area contributed by atoms with Crippen LogP contribution in [0.4, 0.5) is 19.3 Å². The van der Waals surface area contributed by atoms with Crippen LogP contribution in [0.5, 0.6) is 0 Å². The number of aromatic nitrogens is 1. The van der Waals surface area contributed by atoms with Gasteiger partial charge in [-0.1, -0.05) is 6.92 Å². The Balaban J connectivity index is 1.56. The van der Waals surface area contributed by atoms with Gasteiger partial charge in [0.15, 0.2) is 0 Å². The molecule has 2 aromatic heterocycles. The number of thiophene rings is 1. The molecule has 1 aliphatic heterocycles. The minimum Gasteiger partial charge on any atom is -0.312 e. The quantitative estimate of drug-likeness (QED) is 0.520. The third-order valence-corrected chi connectivity index (χ3v) is 7.46. The molecule has 2 aliphatic rings. The molecule has 1 aromatic carbocycles. The van der Waals surface area contributed by atoms with Gasteiger partial charge in [-0.15, -0.1) is 11.3 Å². The summed E-state index contributed by atoms with van der Waals surface area (Å²) in [6, 6.07) is 6.76. The Morgan fingerprint density at radius 3 is 2.83 bits per heavy atom. The monoisotopic (exact) mass is 427 g/mol. The Labute approximate surface area is 178 Å². The lowest BCUT2D eigenvalue weighted by molar-refractivity contribution is 0.181. The van der Waals surface area contributed by atoms with Gasteiger partial charge in [0.1, 0.15) is 16.6 Å². The van der Waals surface area contributed by atoms with E-state index in [2.05, 4.69) is 29.1 Å². The smallest absolute Gasteiger partial charge is 0.312 e. The van der Waals surface area contributed by atoms with Crippen LogP contribution in [-0.2, 0) is 19.4 Å². The zero-order chi connectivity index (χ0) is 20.8. The third-order valence-electron chi connectivity index (χ3n) is 6.12. The zero-order valence-corrected chi connectivity index (χ0v) is 17.6. The zero-order valence-electron chi connectivity index (χ0n) is 16.8. The Morgan fingerprint density at radius 1 is 1.20 bits per heavy atom. The van der Waals surface area contributed by atoms with Gasteiger partial charge >= 0.3 is 6.03 Å². The largest absolute Gasteiger partial charge is 0.322 e. The summed E-state index contributed by atoms with van der Waals surface area (Å²) in [7, 11) is 0. The Morgan fingerprint density at radius 2 is 2.03 bits per heavy atom. The average molecular weight is 428 g/mol. The van der Waals surface area contributed by atoms with Crippen molar-refractivity contribution in [2.45, 2.75) is 51.6 Å². The maximum absolute atomic E-state index is 14.2. The maximum Gasteiger partial charge on any atom is 0.322 e. The van der Waals surface area contributed by atoms with Crippen molar-refractivity contribution in [3.63, 3.8) is 0 Å². The number of halogens is 2. The molecule has 0 radical (unpaired) electrons. The minimum absolute atomic E-state index is 0.0107. The summed E-state index contributed by atoms with van der Waals surface area (Å²) >= 11 is 1.84. The highest BCUT2D eigenvalue weighted by Crippen LogP contribution is 2.43. The number of aryl methyl sites for hydroxylation is 1. The number of anilines is 1. The van der Waals surface area contributed by atoms with Crippen LogP contribution >= 0.6 is 11.3 Å². The first-order valence-corrected chi connectivity index (χ1v) is 11.2. The van der Waals surface area contributed by atoms with E-state index in [-0.39, 0.29) is 17.8 Å². The predicted molar refractivity (Wildman–Crippen MR) is 114 cm³/mol. The molecule has 30 heavy (non-hydrogen) atoms. The molecule has 0 saturated heterocycles. The number of nitrogens with zero attached hydrogens (tertiary/aromatic N) is 2. The van der Waals surface area contributed by atoms with Gasteiger partial charge in [0, 0.05) is 28.4 Å². The molecule has 0 saturated carbocycles. The Hall–Kier alpha value is -2.67. The molecule has 3 aromatic rings. The fourth-order valence-electron chi connectivity index (χ4n) is 4.69. The average Bonchev–Trinajstić information content (AvgIpc) is 3.32. The van der Waals surface area contributed by atoms with Crippen LogP contribution in [0.15, 0.2) is 36.5 Å². The van der Waals surface area contributed by atoms with E-state index in [4.69, 9.17) is 0 Å². The molecule has 1 N–H and O–H groups in total. The summed E-state index contributed by atoms with van der Waals surface area (Å²) in [5.41, 5.74) is 3.63. The number of fused-ring (bicyclic) bond motifs is 5. The number of hydrogen-bond acceptors (Lipinski definition) is 2. The predicted octanol–water partition coefficient (Wildman–Crippen LogP) is 6.19. The van der Waals surface area contributed by atoms with Crippen molar-refractivity contribution in [2.24, 2.45) is 0 Å². The lowest BCUT2D eigenvalue weighted by Crippen LogP contribution is -2.37. The summed E-state index contributed by atoms with van der Waals surface area (Å²) in [4.78, 5) is 16.5. The topological polar surface area (TPSA) is 37.3 Å². The molecule has 1 atom stereocenters. The fourth-order valence-corrected chi connectivity index (χ4v) is 6.09. The summed E-state index contributed by atoms with van der Waals surface area (Å²) < 4.78 is 29.7. The summed E-state index contributed by atoms with van der Waals surface area (Å²) in [6.45, 7) is 2.53. The van der Waals surface area contributed by atoms with Gasteiger partial charge in [0.25, 0.3) is 0 Å². The van der Waals surface area contributed by atoms with E-state index in [1.807, 2.05) is 17.4 Å². The van der Waals surface area contributed by atoms with Crippen molar-refractivity contribution in [3.8, 4) is 5.00 Å². The maximum atomic E-state index is 14.2. The van der Waals surface area contributed by atoms with Gasteiger partial charge in [-0.05, 0) is 61.9 Å². The number of benzene rings is 1. The second-order valence-electron chi connectivity index (χ2n) is 7.90. The molecule has 1 aliphatic carbocycles. The van der Waals surface area contributed by atoms with E-state index in [0.717, 1.165) is 37.1 Å². The number of amides is 2. The third kappa shape index (κ3) is 3.12. The first-order valence-electron chi connectivity index (χ1n) is 10.4. The molecule has 5 rings (SSSR count). The Bertz CT molecular complexity index is 1120. The molecule has 0 spiro atoms. The van der Waals surface area contributed by atoms with Crippen LogP contribution in [0.25, 0.3) is 5.00 Å². The normalized spacial score (nSPS) is 17.7. The lowest BCUT2D eigenvalue weighted by Gasteiger charge is -2.30. The number of rotatable bonds is 2. The molecular formula is C23H23F2N3OS. The highest BCUT2D eigenvalue weighted by Gasteiger charge is 2.34. The highest BCUT2D eigenvalue weighted by atomic mass is 32.1. The van der Waals surface area contributed by atoms with Crippen LogP contribution in [0.2, 0.25) is 0 Å². The molecule has 0 bridgehead atoms. The highest BCUT2D eigenvalue weighted by molar-refractivity contribution is 7.15. The van der Waals surface area contributed by atoms with Gasteiger partial charge in [0.2, 0.25) is 0 Å². The molecule has 1 unspecified atom stereocenters. The number of urea groups is 1. The van der Waals surface area contributed by atoms with Crippen molar-refractivity contribution in [1.82, 2.24) is 9.47 Å². The van der Waals surface area contributed by atoms with Crippen LogP contribution in [0, 0.1) is 11.6 Å². The number of carbonyl (C=O) groups excluding carboxylic acids is 1. The van der Waals surface area contributed by atoms with Gasteiger partial charge in [-0.2, -0.15) is 0 Å². The van der Waals surface area contributed by atoms with Crippen LogP contribution in [0.3, 0.4) is 0 Å². The van der Waals surface area contributed by atoms with Crippen LogP contribution < -0.4 is 5.32 Å². The molecule has 0 fully saturated rings. The molecule has 7 heteroatoms. The molecule has 4 nitrogen and oxygen atoms in total. The fraction of sp³-hybridized carbons (Fsp3) is 0.348. The van der Waals surface area contributed by atoms with Gasteiger partial charge < -0.3 is 14.8 Å². The van der Waals surface area contributed by atoms with Crippen molar-refractivity contribution >= 4 is 23.1 Å². The number of hydrogen-bond donors (Lipinski definition) is 1. The second-order valence-corrected chi connectivity index (χ2v) is 8.99. The van der Waals surface area contributed by atoms with Crippen LogP contribution in [0.1, 0.15) is 53.9 Å². The van der Waals surface area contributed by atoms with E-state index in [1.165, 1.54) is 39.9 Å². The van der Waals surface area contributed by atoms with E-state index in [9.17, 15) is 13.6 Å². The van der Waals surface area contributed by atoms with Crippen molar-refractivity contribution < 1.29 is 13.6 Å². The van der Waals surface area contributed by atoms with Gasteiger partial charge in [-0.3, -0.25) is 0 Å². The van der Waals surface area contributed by atoms with E-state index in [0.29, 0.717) is 6.54 Å². The first-order chi connectivity index (χ1) is 14.6. The van der Waals surface area contributed by atoms with Gasteiger partial charge in [-0.25, -0.2) is 13.6 Å².